The van der Waals surface area contributed by atoms with E-state index in [-0.39, 0.29) is 0 Å². The lowest BCUT2D eigenvalue weighted by molar-refractivity contribution is 0.283. The van der Waals surface area contributed by atoms with Gasteiger partial charge in [0.15, 0.2) is 0 Å². The van der Waals surface area contributed by atoms with E-state index in [1.165, 1.54) is 44.9 Å². The first-order chi connectivity index (χ1) is 6.90. The molecule has 0 heterocycles. The van der Waals surface area contributed by atoms with Gasteiger partial charge >= 0.3 is 0 Å². The van der Waals surface area contributed by atoms with Gasteiger partial charge in [-0.05, 0) is 56.8 Å². The van der Waals surface area contributed by atoms with Crippen LogP contribution in [0.1, 0.15) is 51.9 Å². The summed E-state index contributed by atoms with van der Waals surface area (Å²) >= 11 is 0. The summed E-state index contributed by atoms with van der Waals surface area (Å²) in [6.07, 6.45) is 16.9. The third kappa shape index (κ3) is 2.29. The van der Waals surface area contributed by atoms with Crippen molar-refractivity contribution in [3.05, 3.63) is 23.8 Å². The summed E-state index contributed by atoms with van der Waals surface area (Å²) in [7, 11) is 0. The molecule has 0 aliphatic heterocycles. The molecule has 0 fully saturated rings. The van der Waals surface area contributed by atoms with Gasteiger partial charge in [-0.2, -0.15) is 0 Å². The maximum atomic E-state index is 2.52. The van der Waals surface area contributed by atoms with Crippen molar-refractivity contribution >= 4 is 0 Å². The molecule has 0 amide bonds. The Hall–Kier alpha value is -0.520. The molecule has 0 aromatic carbocycles. The van der Waals surface area contributed by atoms with Crippen LogP contribution in [0, 0.1) is 11.8 Å². The first-order valence-corrected chi connectivity index (χ1v) is 6.23. The standard InChI is InChI=1S/C14H22/c1-2-12-8-10-14(11-9-12)13-6-4-3-5-7-13/h3-4,8,13-14H,2,5-7,9-11H2,1H3. The first-order valence-electron chi connectivity index (χ1n) is 6.23. The molecule has 78 valence electrons. The highest BCUT2D eigenvalue weighted by Gasteiger charge is 2.23. The number of hydrogen-bond acceptors (Lipinski definition) is 0. The zero-order valence-electron chi connectivity index (χ0n) is 9.34. The number of hydrogen-bond donors (Lipinski definition) is 0. The van der Waals surface area contributed by atoms with Gasteiger partial charge in [0.1, 0.15) is 0 Å². The van der Waals surface area contributed by atoms with Crippen molar-refractivity contribution < 1.29 is 0 Å². The van der Waals surface area contributed by atoms with Crippen LogP contribution < -0.4 is 0 Å². The molecular formula is C14H22. The molecule has 0 bridgehead atoms. The van der Waals surface area contributed by atoms with Crippen molar-refractivity contribution in [3.8, 4) is 0 Å². The fourth-order valence-corrected chi connectivity index (χ4v) is 2.90. The molecule has 14 heavy (non-hydrogen) atoms. The van der Waals surface area contributed by atoms with E-state index in [1.54, 1.807) is 5.57 Å². The van der Waals surface area contributed by atoms with E-state index < -0.39 is 0 Å². The molecule has 0 saturated heterocycles. The van der Waals surface area contributed by atoms with Crippen molar-refractivity contribution in [2.24, 2.45) is 11.8 Å². The van der Waals surface area contributed by atoms with Crippen molar-refractivity contribution in [1.82, 2.24) is 0 Å². The second-order valence-corrected chi connectivity index (χ2v) is 4.79. The molecule has 0 N–H and O–H groups in total. The van der Waals surface area contributed by atoms with Crippen LogP contribution in [0.3, 0.4) is 0 Å². The van der Waals surface area contributed by atoms with Gasteiger partial charge in [-0.3, -0.25) is 0 Å². The molecule has 0 aromatic heterocycles. The van der Waals surface area contributed by atoms with Crippen LogP contribution in [-0.4, -0.2) is 0 Å². The van der Waals surface area contributed by atoms with Gasteiger partial charge in [-0.1, -0.05) is 30.7 Å². The lowest BCUT2D eigenvalue weighted by Gasteiger charge is -2.30. The molecule has 0 heteroatoms. The third-order valence-electron chi connectivity index (χ3n) is 3.98. The maximum Gasteiger partial charge on any atom is -0.0317 e. The van der Waals surface area contributed by atoms with E-state index in [1.807, 2.05) is 0 Å². The molecule has 2 atom stereocenters. The maximum absolute atomic E-state index is 2.52. The van der Waals surface area contributed by atoms with E-state index in [9.17, 15) is 0 Å². The Bertz CT molecular complexity index is 234. The monoisotopic (exact) mass is 190 g/mol. The summed E-state index contributed by atoms with van der Waals surface area (Å²) in [4.78, 5) is 0. The second-order valence-electron chi connectivity index (χ2n) is 4.79. The quantitative estimate of drug-likeness (QED) is 0.563. The summed E-state index contributed by atoms with van der Waals surface area (Å²) in [6, 6.07) is 0. The van der Waals surface area contributed by atoms with Gasteiger partial charge in [-0.15, -0.1) is 0 Å². The highest BCUT2D eigenvalue weighted by atomic mass is 14.3. The van der Waals surface area contributed by atoms with Gasteiger partial charge in [0.05, 0.1) is 0 Å². The predicted molar refractivity (Wildman–Crippen MR) is 62.2 cm³/mol. The average Bonchev–Trinajstić information content (AvgIpc) is 2.30. The van der Waals surface area contributed by atoms with Gasteiger partial charge in [0.2, 0.25) is 0 Å². The van der Waals surface area contributed by atoms with Crippen LogP contribution in [0.25, 0.3) is 0 Å². The first kappa shape index (κ1) is 10.0. The molecule has 2 rings (SSSR count). The average molecular weight is 190 g/mol. The molecule has 0 radical (unpaired) electrons. The Kier molecular flexibility index (Phi) is 3.44. The highest BCUT2D eigenvalue weighted by Crippen LogP contribution is 2.36. The predicted octanol–water partition coefficient (Wildman–Crippen LogP) is 4.48. The van der Waals surface area contributed by atoms with Gasteiger partial charge in [-0.25, -0.2) is 0 Å². The minimum Gasteiger partial charge on any atom is -0.0885 e. The van der Waals surface area contributed by atoms with E-state index in [4.69, 9.17) is 0 Å². The lowest BCUT2D eigenvalue weighted by Crippen LogP contribution is -2.18. The Morgan fingerprint density at radius 2 is 2.00 bits per heavy atom. The van der Waals surface area contributed by atoms with Crippen LogP contribution in [0.5, 0.6) is 0 Å². The smallest absolute Gasteiger partial charge is 0.0317 e. The Labute approximate surface area is 88.1 Å². The normalized spacial score (nSPS) is 32.8. The van der Waals surface area contributed by atoms with Crippen molar-refractivity contribution in [2.75, 3.05) is 0 Å². The van der Waals surface area contributed by atoms with Crippen LogP contribution in [0.2, 0.25) is 0 Å². The molecule has 0 saturated carbocycles. The second kappa shape index (κ2) is 4.82. The van der Waals surface area contributed by atoms with E-state index in [0.717, 1.165) is 11.8 Å². The zero-order chi connectivity index (χ0) is 9.80. The van der Waals surface area contributed by atoms with Gasteiger partial charge < -0.3 is 0 Å². The summed E-state index contributed by atoms with van der Waals surface area (Å²) in [6.45, 7) is 2.29. The summed E-state index contributed by atoms with van der Waals surface area (Å²) in [5, 5.41) is 0. The van der Waals surface area contributed by atoms with Crippen LogP contribution in [-0.2, 0) is 0 Å². The summed E-state index contributed by atoms with van der Waals surface area (Å²) in [5.74, 6) is 1.99. The third-order valence-corrected chi connectivity index (χ3v) is 3.98. The van der Waals surface area contributed by atoms with E-state index >= 15 is 0 Å². The number of rotatable bonds is 2. The van der Waals surface area contributed by atoms with Crippen LogP contribution in [0.4, 0.5) is 0 Å². The minimum atomic E-state index is 0.995. The topological polar surface area (TPSA) is 0 Å². The van der Waals surface area contributed by atoms with E-state index in [2.05, 4.69) is 25.2 Å². The molecule has 2 aliphatic rings. The van der Waals surface area contributed by atoms with Crippen molar-refractivity contribution in [2.45, 2.75) is 51.9 Å². The highest BCUT2D eigenvalue weighted by molar-refractivity contribution is 5.07. The largest absolute Gasteiger partial charge is 0.0885 e. The Balaban J connectivity index is 1.88. The summed E-state index contributed by atoms with van der Waals surface area (Å²) in [5.41, 5.74) is 1.70. The molecule has 2 aliphatic carbocycles. The van der Waals surface area contributed by atoms with Crippen LogP contribution >= 0.6 is 0 Å². The fourth-order valence-electron chi connectivity index (χ4n) is 2.90. The molecule has 2 unspecified atom stereocenters. The number of allylic oxidation sites excluding steroid dienone is 4. The van der Waals surface area contributed by atoms with Gasteiger partial charge in [0, 0.05) is 0 Å². The molecule has 0 nitrogen and oxygen atoms in total. The molecule has 0 spiro atoms. The zero-order valence-corrected chi connectivity index (χ0v) is 9.34. The fraction of sp³-hybridized carbons (Fsp3) is 0.714. The van der Waals surface area contributed by atoms with Gasteiger partial charge in [0.25, 0.3) is 0 Å². The SMILES string of the molecule is CCC1=CCC(C2CC=CCC2)CC1. The molecule has 0 aromatic rings. The Morgan fingerprint density at radius 3 is 2.57 bits per heavy atom. The van der Waals surface area contributed by atoms with Crippen LogP contribution in [0.15, 0.2) is 23.8 Å². The molecular weight excluding hydrogens is 168 g/mol. The Morgan fingerprint density at radius 1 is 1.14 bits per heavy atom. The lowest BCUT2D eigenvalue weighted by atomic mass is 9.75. The van der Waals surface area contributed by atoms with Crippen molar-refractivity contribution in [3.63, 3.8) is 0 Å². The minimum absolute atomic E-state index is 0.995. The van der Waals surface area contributed by atoms with E-state index in [0.29, 0.717) is 0 Å². The summed E-state index contributed by atoms with van der Waals surface area (Å²) < 4.78 is 0. The van der Waals surface area contributed by atoms with Crippen molar-refractivity contribution in [1.29, 1.82) is 0 Å².